The topological polar surface area (TPSA) is 121 Å². The van der Waals surface area contributed by atoms with Crippen LogP contribution in [0.3, 0.4) is 0 Å². The molecular weight excluding hydrogens is 637 g/mol. The lowest BCUT2D eigenvalue weighted by molar-refractivity contribution is -0.0120. The van der Waals surface area contributed by atoms with Gasteiger partial charge >= 0.3 is 0 Å². The zero-order valence-corrected chi connectivity index (χ0v) is 29.2. The summed E-state index contributed by atoms with van der Waals surface area (Å²) in [6, 6.07) is 17.0. The molecule has 12 heteroatoms. The van der Waals surface area contributed by atoms with Crippen LogP contribution in [0.15, 0.2) is 71.6 Å². The van der Waals surface area contributed by atoms with Crippen molar-refractivity contribution in [1.29, 1.82) is 0 Å². The highest BCUT2D eigenvalue weighted by molar-refractivity contribution is 7.89. The Kier molecular flexibility index (Phi) is 13.2. The molecule has 0 bridgehead atoms. The lowest BCUT2D eigenvalue weighted by atomic mass is 10.0. The molecule has 0 unspecified atom stereocenters. The van der Waals surface area contributed by atoms with E-state index in [-0.39, 0.29) is 48.6 Å². The van der Waals surface area contributed by atoms with Crippen LogP contribution in [0.25, 0.3) is 0 Å². The van der Waals surface area contributed by atoms with E-state index >= 15 is 0 Å². The van der Waals surface area contributed by atoms with E-state index < -0.39 is 21.9 Å². The molecule has 0 fully saturated rings. The first-order valence-electron chi connectivity index (χ1n) is 16.3. The molecule has 0 saturated carbocycles. The van der Waals surface area contributed by atoms with E-state index in [1.807, 2.05) is 45.0 Å². The van der Waals surface area contributed by atoms with Gasteiger partial charge in [-0.3, -0.25) is 4.79 Å². The van der Waals surface area contributed by atoms with E-state index in [9.17, 15) is 17.6 Å². The monoisotopic (exact) mass is 685 g/mol. The Hall–Kier alpha value is -3.71. The molecule has 3 aromatic rings. The fourth-order valence-corrected chi connectivity index (χ4v) is 6.78. The summed E-state index contributed by atoms with van der Waals surface area (Å²) < 4.78 is 65.6. The third-order valence-electron chi connectivity index (χ3n) is 8.56. The van der Waals surface area contributed by atoms with Gasteiger partial charge in [-0.25, -0.2) is 12.8 Å². The van der Waals surface area contributed by atoms with Gasteiger partial charge in [0.25, 0.3) is 5.91 Å². The molecular formula is C36H48FN3O7S. The number of rotatable bonds is 10. The number of likely N-dealkylation sites (N-methyl/N-ethyl adjacent to an activating group) is 1. The average Bonchev–Trinajstić information content (AvgIpc) is 3.06. The Morgan fingerprint density at radius 3 is 2.46 bits per heavy atom. The molecule has 4 atom stereocenters. The number of benzene rings is 3. The van der Waals surface area contributed by atoms with Crippen molar-refractivity contribution in [3.63, 3.8) is 0 Å². The van der Waals surface area contributed by atoms with Gasteiger partial charge in [-0.2, -0.15) is 4.31 Å². The van der Waals surface area contributed by atoms with E-state index in [2.05, 4.69) is 0 Å². The minimum Gasteiger partial charge on any atom is -0.497 e. The van der Waals surface area contributed by atoms with Gasteiger partial charge in [0.15, 0.2) is 0 Å². The van der Waals surface area contributed by atoms with Gasteiger partial charge in [-0.15, -0.1) is 0 Å². The molecule has 1 amide bonds. The predicted molar refractivity (Wildman–Crippen MR) is 183 cm³/mol. The summed E-state index contributed by atoms with van der Waals surface area (Å²) >= 11 is 0. The SMILES string of the molecule is COc1ccc(COC[C@H](C)N2C[C@@H](C)[C@H](CN(C)S(=O)(=O)c3ccc(F)cc3)OCCCC[C@H](C)Oc3ccc(N)cc3C2=O)cc1. The smallest absolute Gasteiger partial charge is 0.258 e. The maximum Gasteiger partial charge on any atom is 0.258 e. The van der Waals surface area contributed by atoms with Crippen LogP contribution in [0, 0.1) is 11.7 Å². The van der Waals surface area contributed by atoms with Crippen molar-refractivity contribution in [3.8, 4) is 11.5 Å². The Morgan fingerprint density at radius 2 is 1.77 bits per heavy atom. The number of ether oxygens (including phenoxy) is 4. The Bertz CT molecular complexity index is 1590. The summed E-state index contributed by atoms with van der Waals surface area (Å²) in [6.45, 7) is 7.09. The van der Waals surface area contributed by atoms with E-state index in [1.165, 1.54) is 23.5 Å². The number of hydrogen-bond acceptors (Lipinski definition) is 8. The van der Waals surface area contributed by atoms with Crippen molar-refractivity contribution in [2.24, 2.45) is 5.92 Å². The number of methoxy groups -OCH3 is 1. The molecule has 0 aromatic heterocycles. The highest BCUT2D eigenvalue weighted by Crippen LogP contribution is 2.28. The third kappa shape index (κ3) is 9.91. The van der Waals surface area contributed by atoms with Gasteiger partial charge in [0.1, 0.15) is 17.3 Å². The Morgan fingerprint density at radius 1 is 1.06 bits per heavy atom. The number of halogens is 1. The van der Waals surface area contributed by atoms with Crippen LogP contribution in [0.4, 0.5) is 10.1 Å². The first-order chi connectivity index (χ1) is 22.9. The van der Waals surface area contributed by atoms with Gasteiger partial charge in [0.2, 0.25) is 10.0 Å². The number of carbonyl (C=O) groups excluding carboxylic acids is 1. The molecule has 1 aliphatic rings. The van der Waals surface area contributed by atoms with E-state index in [4.69, 9.17) is 24.7 Å². The van der Waals surface area contributed by atoms with Crippen molar-refractivity contribution in [2.75, 3.05) is 46.2 Å². The first kappa shape index (κ1) is 37.1. The van der Waals surface area contributed by atoms with Gasteiger partial charge in [0, 0.05) is 38.3 Å². The van der Waals surface area contributed by atoms with Gasteiger partial charge in [-0.1, -0.05) is 19.1 Å². The molecule has 0 aliphatic carbocycles. The van der Waals surface area contributed by atoms with Crippen molar-refractivity contribution in [3.05, 3.63) is 83.7 Å². The molecule has 0 spiro atoms. The molecule has 3 aromatic carbocycles. The number of nitrogen functional groups attached to an aromatic ring is 1. The maximum absolute atomic E-state index is 14.4. The number of hydrogen-bond donors (Lipinski definition) is 1. The molecule has 1 heterocycles. The summed E-state index contributed by atoms with van der Waals surface area (Å²) in [4.78, 5) is 16.1. The van der Waals surface area contributed by atoms with E-state index in [1.54, 1.807) is 30.2 Å². The molecule has 0 saturated heterocycles. The lowest BCUT2D eigenvalue weighted by Gasteiger charge is -2.36. The normalized spacial score (nSPS) is 20.4. The van der Waals surface area contributed by atoms with Gasteiger partial charge < -0.3 is 29.6 Å². The first-order valence-corrected chi connectivity index (χ1v) is 17.7. The van der Waals surface area contributed by atoms with Gasteiger partial charge in [-0.05, 0) is 93.3 Å². The number of anilines is 1. The van der Waals surface area contributed by atoms with Crippen molar-refractivity contribution in [2.45, 2.75) is 69.8 Å². The van der Waals surface area contributed by atoms with Crippen molar-refractivity contribution >= 4 is 21.6 Å². The number of fused-ring (bicyclic) bond motifs is 1. The van der Waals surface area contributed by atoms with E-state index in [0.717, 1.165) is 42.7 Å². The second-order valence-corrected chi connectivity index (χ2v) is 14.5. The van der Waals surface area contributed by atoms with E-state index in [0.29, 0.717) is 30.2 Å². The lowest BCUT2D eigenvalue weighted by Crippen LogP contribution is -2.48. The molecule has 4 rings (SSSR count). The summed E-state index contributed by atoms with van der Waals surface area (Å²) in [7, 11) is -0.832. The fraction of sp³-hybridized carbons (Fsp3) is 0.472. The van der Waals surface area contributed by atoms with Crippen LogP contribution in [-0.2, 0) is 26.1 Å². The summed E-state index contributed by atoms with van der Waals surface area (Å²) in [5.41, 5.74) is 7.91. The van der Waals surface area contributed by atoms with Crippen molar-refractivity contribution < 1.29 is 36.6 Å². The minimum atomic E-state index is -3.93. The minimum absolute atomic E-state index is 0.0115. The second-order valence-electron chi connectivity index (χ2n) is 12.5. The molecule has 1 aliphatic heterocycles. The number of carbonyl (C=O) groups is 1. The van der Waals surface area contributed by atoms with Crippen LogP contribution >= 0.6 is 0 Å². The molecule has 262 valence electrons. The van der Waals surface area contributed by atoms with Crippen LogP contribution in [0.1, 0.15) is 56.0 Å². The number of nitrogens with zero attached hydrogens (tertiary/aromatic N) is 2. The predicted octanol–water partition coefficient (Wildman–Crippen LogP) is 5.76. The molecule has 10 nitrogen and oxygen atoms in total. The van der Waals surface area contributed by atoms with Crippen LogP contribution in [0.5, 0.6) is 11.5 Å². The second kappa shape index (κ2) is 17.1. The Labute approximate surface area is 284 Å². The Balaban J connectivity index is 1.61. The fourth-order valence-electron chi connectivity index (χ4n) is 5.60. The van der Waals surface area contributed by atoms with Crippen LogP contribution < -0.4 is 15.2 Å². The number of sulfonamides is 1. The van der Waals surface area contributed by atoms with Crippen LogP contribution in [0.2, 0.25) is 0 Å². The molecule has 0 radical (unpaired) electrons. The number of nitrogens with two attached hydrogens (primary N) is 1. The zero-order chi connectivity index (χ0) is 34.8. The zero-order valence-electron chi connectivity index (χ0n) is 28.4. The van der Waals surface area contributed by atoms with Crippen molar-refractivity contribution in [1.82, 2.24) is 9.21 Å². The third-order valence-corrected chi connectivity index (χ3v) is 10.4. The van der Waals surface area contributed by atoms with Gasteiger partial charge in [0.05, 0.1) is 49.0 Å². The molecule has 48 heavy (non-hydrogen) atoms. The summed E-state index contributed by atoms with van der Waals surface area (Å²) in [6.07, 6.45) is 1.59. The number of amides is 1. The standard InChI is InChI=1S/C36H48FN3O7S/c1-25-21-40(26(2)23-45-24-28-9-14-31(44-5)15-10-28)36(41)33-20-30(38)13-18-34(33)47-27(3)8-6-7-19-46-35(25)22-39(4)48(42,43)32-16-11-29(37)12-17-32/h9-18,20,25-27,35H,6-8,19,21-24,38H2,1-5H3/t25-,26+,27+,35+/m1/s1. The summed E-state index contributed by atoms with van der Waals surface area (Å²) in [5, 5.41) is 0. The average molecular weight is 686 g/mol. The van der Waals surface area contributed by atoms with Crippen LogP contribution in [-0.4, -0.2) is 82.2 Å². The molecule has 2 N–H and O–H groups in total. The summed E-state index contributed by atoms with van der Waals surface area (Å²) in [5.74, 6) is 0.117. The largest absolute Gasteiger partial charge is 0.497 e. The highest BCUT2D eigenvalue weighted by Gasteiger charge is 2.32. The highest BCUT2D eigenvalue weighted by atomic mass is 32.2. The quantitative estimate of drug-likeness (QED) is 0.268. The maximum atomic E-state index is 14.4.